The summed E-state index contributed by atoms with van der Waals surface area (Å²) in [5, 5.41) is 19.6. The molecule has 0 saturated carbocycles. The molecule has 2 atom stereocenters. The van der Waals surface area contributed by atoms with Crippen molar-refractivity contribution in [1.82, 2.24) is 4.90 Å². The summed E-state index contributed by atoms with van der Waals surface area (Å²) < 4.78 is 38.2. The SMILES string of the molecule is C[C@]1(O)CCN(C(=O)c2cc(C(F)(F)F)ccc2Cl)C[C@@H]1O. The zero-order valence-corrected chi connectivity index (χ0v) is 12.4. The second-order valence-corrected chi connectivity index (χ2v) is 5.97. The lowest BCUT2D eigenvalue weighted by Gasteiger charge is -2.40. The van der Waals surface area contributed by atoms with E-state index in [0.29, 0.717) is 6.07 Å². The third-order valence-electron chi connectivity index (χ3n) is 3.81. The van der Waals surface area contributed by atoms with E-state index in [9.17, 15) is 28.2 Å². The van der Waals surface area contributed by atoms with Crippen LogP contribution in [-0.4, -0.2) is 45.8 Å². The van der Waals surface area contributed by atoms with Crippen LogP contribution in [0, 0.1) is 0 Å². The predicted molar refractivity (Wildman–Crippen MR) is 73.6 cm³/mol. The van der Waals surface area contributed by atoms with Crippen LogP contribution < -0.4 is 0 Å². The summed E-state index contributed by atoms with van der Waals surface area (Å²) in [6.07, 6.45) is -5.63. The minimum absolute atomic E-state index is 0.0928. The molecule has 0 aromatic heterocycles. The highest BCUT2D eigenvalue weighted by Crippen LogP contribution is 2.33. The molecule has 0 bridgehead atoms. The van der Waals surface area contributed by atoms with Crippen molar-refractivity contribution in [3.63, 3.8) is 0 Å². The quantitative estimate of drug-likeness (QED) is 0.826. The Kier molecular flexibility index (Phi) is 4.43. The summed E-state index contributed by atoms with van der Waals surface area (Å²) in [4.78, 5) is 13.5. The summed E-state index contributed by atoms with van der Waals surface area (Å²) >= 11 is 5.83. The van der Waals surface area contributed by atoms with Crippen LogP contribution in [0.2, 0.25) is 5.02 Å². The first-order valence-corrected chi connectivity index (χ1v) is 6.96. The van der Waals surface area contributed by atoms with E-state index in [1.54, 1.807) is 0 Å². The number of halogens is 4. The number of aliphatic hydroxyl groups is 2. The number of piperidine rings is 1. The summed E-state index contributed by atoms with van der Waals surface area (Å²) in [5.41, 5.74) is -2.57. The average molecular weight is 338 g/mol. The fourth-order valence-corrected chi connectivity index (χ4v) is 2.44. The Hall–Kier alpha value is -1.31. The highest BCUT2D eigenvalue weighted by Gasteiger charge is 2.39. The van der Waals surface area contributed by atoms with Crippen LogP contribution >= 0.6 is 11.6 Å². The first-order chi connectivity index (χ1) is 10.0. The van der Waals surface area contributed by atoms with Crippen molar-refractivity contribution in [3.05, 3.63) is 34.3 Å². The molecule has 1 amide bonds. The van der Waals surface area contributed by atoms with Gasteiger partial charge in [-0.1, -0.05) is 11.6 Å². The van der Waals surface area contributed by atoms with Gasteiger partial charge in [0.1, 0.15) is 0 Å². The predicted octanol–water partition coefficient (Wildman–Crippen LogP) is 2.32. The second kappa shape index (κ2) is 5.72. The van der Waals surface area contributed by atoms with E-state index in [0.717, 1.165) is 12.1 Å². The molecule has 4 nitrogen and oxygen atoms in total. The van der Waals surface area contributed by atoms with Gasteiger partial charge in [0.2, 0.25) is 0 Å². The fourth-order valence-electron chi connectivity index (χ4n) is 2.24. The van der Waals surface area contributed by atoms with Gasteiger partial charge in [-0.2, -0.15) is 13.2 Å². The summed E-state index contributed by atoms with van der Waals surface area (Å²) in [5.74, 6) is -0.703. The van der Waals surface area contributed by atoms with E-state index in [1.807, 2.05) is 0 Å². The van der Waals surface area contributed by atoms with Gasteiger partial charge < -0.3 is 15.1 Å². The molecule has 1 fully saturated rings. The molecule has 0 spiro atoms. The highest BCUT2D eigenvalue weighted by atomic mass is 35.5. The van der Waals surface area contributed by atoms with Gasteiger partial charge in [-0.25, -0.2) is 0 Å². The zero-order chi connectivity index (χ0) is 16.7. The average Bonchev–Trinajstić information content (AvgIpc) is 2.40. The molecule has 1 aromatic carbocycles. The minimum Gasteiger partial charge on any atom is -0.388 e. The summed E-state index contributed by atoms with van der Waals surface area (Å²) in [6.45, 7) is 1.39. The maximum atomic E-state index is 12.7. The highest BCUT2D eigenvalue weighted by molar-refractivity contribution is 6.33. The first-order valence-electron chi connectivity index (χ1n) is 6.59. The van der Waals surface area contributed by atoms with E-state index in [1.165, 1.54) is 11.8 Å². The van der Waals surface area contributed by atoms with E-state index >= 15 is 0 Å². The number of hydrogen-bond acceptors (Lipinski definition) is 3. The number of benzene rings is 1. The number of amides is 1. The molecule has 122 valence electrons. The summed E-state index contributed by atoms with van der Waals surface area (Å²) in [7, 11) is 0. The van der Waals surface area contributed by atoms with Crippen LogP contribution in [0.1, 0.15) is 29.3 Å². The van der Waals surface area contributed by atoms with Gasteiger partial charge in [-0.15, -0.1) is 0 Å². The van der Waals surface area contributed by atoms with E-state index in [-0.39, 0.29) is 30.1 Å². The molecule has 8 heteroatoms. The zero-order valence-electron chi connectivity index (χ0n) is 11.7. The lowest BCUT2D eigenvalue weighted by molar-refractivity contribution is -0.137. The van der Waals surface area contributed by atoms with Crippen molar-refractivity contribution in [2.75, 3.05) is 13.1 Å². The van der Waals surface area contributed by atoms with Gasteiger partial charge >= 0.3 is 6.18 Å². The number of aliphatic hydroxyl groups excluding tert-OH is 1. The van der Waals surface area contributed by atoms with Crippen LogP contribution in [0.3, 0.4) is 0 Å². The topological polar surface area (TPSA) is 60.8 Å². The normalized spacial score (nSPS) is 26.1. The number of hydrogen-bond donors (Lipinski definition) is 2. The number of rotatable bonds is 1. The van der Waals surface area contributed by atoms with Crippen LogP contribution in [0.15, 0.2) is 18.2 Å². The van der Waals surface area contributed by atoms with Crippen molar-refractivity contribution >= 4 is 17.5 Å². The Balaban J connectivity index is 2.27. The van der Waals surface area contributed by atoms with Crippen molar-refractivity contribution in [3.8, 4) is 0 Å². The van der Waals surface area contributed by atoms with Crippen molar-refractivity contribution in [2.24, 2.45) is 0 Å². The molecule has 1 heterocycles. The number of carbonyl (C=O) groups is 1. The molecular formula is C14H15ClF3NO3. The van der Waals surface area contributed by atoms with Crippen LogP contribution in [0.25, 0.3) is 0 Å². The van der Waals surface area contributed by atoms with Gasteiger partial charge in [-0.3, -0.25) is 4.79 Å². The standard InChI is InChI=1S/C14H15ClF3NO3/c1-13(22)4-5-19(7-11(13)20)12(21)9-6-8(14(16,17)18)2-3-10(9)15/h2-3,6,11,20,22H,4-5,7H2,1H3/t11-,13-/m0/s1. The Bertz CT molecular complexity index is 589. The molecule has 0 radical (unpaired) electrons. The maximum absolute atomic E-state index is 12.7. The van der Waals surface area contributed by atoms with Gasteiger partial charge in [0.15, 0.2) is 0 Å². The maximum Gasteiger partial charge on any atom is 0.416 e. The van der Waals surface area contributed by atoms with Gasteiger partial charge in [-0.05, 0) is 31.5 Å². The molecule has 1 saturated heterocycles. The van der Waals surface area contributed by atoms with Crippen LogP contribution in [0.5, 0.6) is 0 Å². The monoisotopic (exact) mass is 337 g/mol. The molecule has 2 rings (SSSR count). The van der Waals surface area contributed by atoms with Crippen LogP contribution in [0.4, 0.5) is 13.2 Å². The van der Waals surface area contributed by atoms with Gasteiger partial charge in [0, 0.05) is 13.1 Å². The lowest BCUT2D eigenvalue weighted by Crippen LogP contribution is -2.55. The molecular weight excluding hydrogens is 323 g/mol. The molecule has 0 unspecified atom stereocenters. The number of alkyl halides is 3. The number of likely N-dealkylation sites (tertiary alicyclic amines) is 1. The first kappa shape index (κ1) is 17.1. The molecule has 1 aromatic rings. The largest absolute Gasteiger partial charge is 0.416 e. The third-order valence-corrected chi connectivity index (χ3v) is 4.14. The second-order valence-electron chi connectivity index (χ2n) is 5.57. The smallest absolute Gasteiger partial charge is 0.388 e. The van der Waals surface area contributed by atoms with Crippen molar-refractivity contribution in [1.29, 1.82) is 0 Å². The number of nitrogens with zero attached hydrogens (tertiary/aromatic N) is 1. The molecule has 2 N–H and O–H groups in total. The minimum atomic E-state index is -4.58. The molecule has 1 aliphatic rings. The van der Waals surface area contributed by atoms with E-state index in [2.05, 4.69) is 0 Å². The van der Waals surface area contributed by atoms with E-state index < -0.39 is 29.4 Å². The Labute approximate surface area is 130 Å². The van der Waals surface area contributed by atoms with Gasteiger partial charge in [0.05, 0.1) is 27.9 Å². The lowest BCUT2D eigenvalue weighted by atomic mass is 9.90. The number of carbonyl (C=O) groups excluding carboxylic acids is 1. The fraction of sp³-hybridized carbons (Fsp3) is 0.500. The van der Waals surface area contributed by atoms with Crippen LogP contribution in [-0.2, 0) is 6.18 Å². The Morgan fingerprint density at radius 1 is 1.45 bits per heavy atom. The Morgan fingerprint density at radius 2 is 2.09 bits per heavy atom. The summed E-state index contributed by atoms with van der Waals surface area (Å²) in [6, 6.07) is 2.52. The van der Waals surface area contributed by atoms with Crippen molar-refractivity contribution in [2.45, 2.75) is 31.2 Å². The Morgan fingerprint density at radius 3 is 2.64 bits per heavy atom. The number of β-amino-alcohol motifs (C(OH)–C–C–N with tert-alkyl or cyclic N) is 1. The van der Waals surface area contributed by atoms with Gasteiger partial charge in [0.25, 0.3) is 5.91 Å². The molecule has 22 heavy (non-hydrogen) atoms. The van der Waals surface area contributed by atoms with E-state index in [4.69, 9.17) is 11.6 Å². The van der Waals surface area contributed by atoms with Crippen molar-refractivity contribution < 1.29 is 28.2 Å². The molecule has 1 aliphatic heterocycles. The third kappa shape index (κ3) is 3.37. The molecule has 0 aliphatic carbocycles.